The summed E-state index contributed by atoms with van der Waals surface area (Å²) in [4.78, 5) is 35.6. The first kappa shape index (κ1) is 47.4. The molecule has 1 saturated heterocycles. The van der Waals surface area contributed by atoms with E-state index >= 15 is 0 Å². The minimum absolute atomic E-state index is 0. The quantitative estimate of drug-likeness (QED) is 0.152. The third-order valence-electron chi connectivity index (χ3n) is 13.1. The lowest BCUT2D eigenvalue weighted by Gasteiger charge is -2.32. The van der Waals surface area contributed by atoms with Crippen molar-refractivity contribution in [1.29, 1.82) is 0 Å². The first-order valence-electron chi connectivity index (χ1n) is 21.9. The van der Waals surface area contributed by atoms with Crippen molar-refractivity contribution >= 4 is 68.8 Å². The minimum Gasteiger partial charge on any atom is -0.399 e. The fraction of sp³-hybridized carbons (Fsp3) is 0.404. The third-order valence-corrected chi connectivity index (χ3v) is 14.0. The summed E-state index contributed by atoms with van der Waals surface area (Å²) < 4.78 is 25.0. The van der Waals surface area contributed by atoms with Crippen LogP contribution < -0.4 is 5.46 Å². The number of hydrogen-bond donors (Lipinski definition) is 0. The van der Waals surface area contributed by atoms with Crippen LogP contribution in [0, 0.1) is 3.70 Å². The van der Waals surface area contributed by atoms with Crippen LogP contribution in [-0.4, -0.2) is 111 Å². The molecule has 0 aliphatic carbocycles. The van der Waals surface area contributed by atoms with E-state index in [0.29, 0.717) is 13.1 Å². The summed E-state index contributed by atoms with van der Waals surface area (Å²) in [7, 11) is 7.33. The van der Waals surface area contributed by atoms with Crippen molar-refractivity contribution in [2.45, 2.75) is 86.4 Å². The van der Waals surface area contributed by atoms with Crippen molar-refractivity contribution < 1.29 is 18.9 Å². The number of amides is 2. The lowest BCUT2D eigenvalue weighted by atomic mass is 9.78. The predicted molar refractivity (Wildman–Crippen MR) is 267 cm³/mol. The zero-order valence-electron chi connectivity index (χ0n) is 39.0. The molecule has 0 spiro atoms. The molecule has 0 radical (unpaired) electrons. The molecule has 2 aromatic carbocycles. The second-order valence-electron chi connectivity index (χ2n) is 18.1. The number of benzene rings is 2. The molecule has 20 heteroatoms. The summed E-state index contributed by atoms with van der Waals surface area (Å²) in [5, 5.41) is 20.1. The third kappa shape index (κ3) is 9.05. The van der Waals surface area contributed by atoms with Crippen LogP contribution in [0.3, 0.4) is 0 Å². The number of halogens is 1. The van der Waals surface area contributed by atoms with Crippen molar-refractivity contribution in [1.82, 2.24) is 68.0 Å². The number of aryl methyl sites for hydroxylation is 4. The Morgan fingerprint density at radius 2 is 1.13 bits per heavy atom. The monoisotopic (exact) mass is 1020 g/mol. The second kappa shape index (κ2) is 18.2. The van der Waals surface area contributed by atoms with Gasteiger partial charge in [0.05, 0.1) is 77.5 Å². The average Bonchev–Trinajstić information content (AvgIpc) is 4.17. The van der Waals surface area contributed by atoms with Crippen LogP contribution in [0.15, 0.2) is 73.8 Å². The number of hydrogen-bond acceptors (Lipinski definition) is 10. The Morgan fingerprint density at radius 1 is 0.642 bits per heavy atom. The maximum Gasteiger partial charge on any atom is 0.494 e. The zero-order valence-corrected chi connectivity index (χ0v) is 41.2. The smallest absolute Gasteiger partial charge is 0.399 e. The van der Waals surface area contributed by atoms with Gasteiger partial charge < -0.3 is 28.2 Å². The van der Waals surface area contributed by atoms with Crippen LogP contribution in [0.5, 0.6) is 0 Å². The van der Waals surface area contributed by atoms with E-state index in [9.17, 15) is 9.59 Å². The maximum atomic E-state index is 11.8. The Kier molecular flexibility index (Phi) is 12.8. The standard InChI is InChI=1S/C20H21N7O.C18H23BN4O2.C8H10IN3O.CH4/c1-13(28)26-6-7-27-12-21-20(18(27)11-26)14-4-5-17-16(8-14)19(23-25(17)3)15-9-22-24(2)10-15;1-17(2)18(3,4)25-19(24-17)13-7-8-15-14(9-13)16(21-23(15)6)12-10-20-22(5)11-12;1-6(13)11-2-3-12-5-10-8(9)7(12)4-11;/h4-5,8-10,12H,6-7,11H2,1-3H3;7-11H,1-6H3;5H,2-4H2,1H3;1H4. The van der Waals surface area contributed by atoms with Gasteiger partial charge in [-0.2, -0.15) is 20.4 Å². The molecule has 2 amide bonds. The molecule has 0 saturated carbocycles. The van der Waals surface area contributed by atoms with E-state index in [-0.39, 0.29) is 37.6 Å². The van der Waals surface area contributed by atoms with Crippen molar-refractivity contribution in [2.75, 3.05) is 13.1 Å². The molecule has 0 N–H and O–H groups in total. The molecule has 0 unspecified atom stereocenters. The fourth-order valence-electron chi connectivity index (χ4n) is 8.59. The van der Waals surface area contributed by atoms with Gasteiger partial charge in [0.2, 0.25) is 11.8 Å². The highest BCUT2D eigenvalue weighted by Crippen LogP contribution is 2.37. The maximum absolute atomic E-state index is 11.8. The van der Waals surface area contributed by atoms with Gasteiger partial charge in [0.25, 0.3) is 0 Å². The lowest BCUT2D eigenvalue weighted by Crippen LogP contribution is -2.41. The molecule has 18 nitrogen and oxygen atoms in total. The molecular formula is C47H58BIN14O4. The summed E-state index contributed by atoms with van der Waals surface area (Å²) in [5.74, 6) is 0.239. The average molecular weight is 1020 g/mol. The van der Waals surface area contributed by atoms with E-state index in [1.54, 1.807) is 23.2 Å². The molecule has 8 aromatic rings. The van der Waals surface area contributed by atoms with Crippen LogP contribution in [0.2, 0.25) is 0 Å². The Balaban J connectivity index is 0.000000144. The van der Waals surface area contributed by atoms with E-state index < -0.39 is 0 Å². The number of nitrogens with zero attached hydrogens (tertiary/aromatic N) is 14. The van der Waals surface area contributed by atoms with Crippen LogP contribution >= 0.6 is 22.6 Å². The zero-order chi connectivity index (χ0) is 46.8. The largest absolute Gasteiger partial charge is 0.494 e. The molecule has 67 heavy (non-hydrogen) atoms. The van der Waals surface area contributed by atoms with E-state index in [2.05, 4.69) is 121 Å². The highest BCUT2D eigenvalue weighted by Gasteiger charge is 2.51. The Labute approximate surface area is 404 Å². The number of carbonyl (C=O) groups excluding carboxylic acids is 2. The first-order valence-corrected chi connectivity index (χ1v) is 23.0. The first-order chi connectivity index (χ1) is 31.4. The van der Waals surface area contributed by atoms with Gasteiger partial charge in [0, 0.05) is 108 Å². The number of imidazole rings is 2. The molecule has 3 aliphatic heterocycles. The van der Waals surface area contributed by atoms with Gasteiger partial charge in [-0.25, -0.2) is 9.97 Å². The number of fused-ring (bicyclic) bond motifs is 4. The SMILES string of the molecule is C.CC(=O)N1CCn2cnc(-c3ccc4c(c3)c(-c3cnn(C)c3)nn4C)c2C1.CC(=O)N1CCn2cnc(I)c2C1.Cn1cc(-c2nn(C)c3ccc(B4OC(C)(C)C(C)(C)O4)cc23)cn1. The highest BCUT2D eigenvalue weighted by atomic mass is 127. The van der Waals surface area contributed by atoms with Gasteiger partial charge in [-0.15, -0.1) is 0 Å². The molecule has 0 atom stereocenters. The van der Waals surface area contributed by atoms with Gasteiger partial charge in [-0.3, -0.25) is 28.3 Å². The van der Waals surface area contributed by atoms with Gasteiger partial charge in [-0.05, 0) is 73.9 Å². The van der Waals surface area contributed by atoms with Gasteiger partial charge >= 0.3 is 7.12 Å². The Morgan fingerprint density at radius 3 is 1.66 bits per heavy atom. The summed E-state index contributed by atoms with van der Waals surface area (Å²) in [6.45, 7) is 16.0. The van der Waals surface area contributed by atoms with Crippen molar-refractivity contribution in [3.05, 3.63) is 88.9 Å². The molecule has 9 heterocycles. The Hall–Kier alpha value is -6.13. The predicted octanol–water partition coefficient (Wildman–Crippen LogP) is 5.96. The lowest BCUT2D eigenvalue weighted by molar-refractivity contribution is -0.131. The van der Waals surface area contributed by atoms with Crippen molar-refractivity contribution in [3.63, 3.8) is 0 Å². The van der Waals surface area contributed by atoms with Crippen LogP contribution in [0.4, 0.5) is 0 Å². The van der Waals surface area contributed by atoms with Crippen molar-refractivity contribution in [2.24, 2.45) is 28.2 Å². The van der Waals surface area contributed by atoms with Crippen LogP contribution in [0.25, 0.3) is 55.6 Å². The number of aromatic nitrogens is 12. The molecule has 350 valence electrons. The molecule has 1 fully saturated rings. The topological polar surface area (TPSA) is 166 Å². The van der Waals surface area contributed by atoms with Crippen LogP contribution in [0.1, 0.15) is 60.4 Å². The fourth-order valence-corrected chi connectivity index (χ4v) is 9.19. The minimum atomic E-state index is -0.378. The highest BCUT2D eigenvalue weighted by molar-refractivity contribution is 14.1. The normalized spacial score (nSPS) is 16.0. The summed E-state index contributed by atoms with van der Waals surface area (Å²) in [5.41, 5.74) is 10.4. The van der Waals surface area contributed by atoms with E-state index in [0.717, 1.165) is 102 Å². The van der Waals surface area contributed by atoms with E-state index in [1.165, 1.54) is 0 Å². The summed E-state index contributed by atoms with van der Waals surface area (Å²) in [6.07, 6.45) is 11.3. The number of carbonyl (C=O) groups is 2. The van der Waals surface area contributed by atoms with E-state index in [1.807, 2.05) is 84.8 Å². The summed E-state index contributed by atoms with van der Waals surface area (Å²) >= 11 is 2.20. The van der Waals surface area contributed by atoms with Gasteiger partial charge in [0.15, 0.2) is 0 Å². The number of rotatable bonds is 4. The Bertz CT molecular complexity index is 3120. The van der Waals surface area contributed by atoms with Crippen molar-refractivity contribution in [3.8, 4) is 33.8 Å². The summed E-state index contributed by atoms with van der Waals surface area (Å²) in [6, 6.07) is 12.5. The van der Waals surface area contributed by atoms with E-state index in [4.69, 9.17) is 14.4 Å². The molecule has 3 aliphatic rings. The van der Waals surface area contributed by atoms with Gasteiger partial charge in [0.1, 0.15) is 15.1 Å². The molecule has 6 aromatic heterocycles. The van der Waals surface area contributed by atoms with Gasteiger partial charge in [-0.1, -0.05) is 25.6 Å². The molecule has 11 rings (SSSR count). The molecular weight excluding hydrogens is 962 g/mol. The second-order valence-corrected chi connectivity index (χ2v) is 19.2. The molecule has 0 bridgehead atoms. The van der Waals surface area contributed by atoms with Crippen LogP contribution in [-0.2, 0) is 73.3 Å².